The van der Waals surface area contributed by atoms with E-state index in [4.69, 9.17) is 0 Å². The fourth-order valence-electron chi connectivity index (χ4n) is 2.21. The molecule has 0 saturated carbocycles. The zero-order valence-electron chi connectivity index (χ0n) is 12.5. The summed E-state index contributed by atoms with van der Waals surface area (Å²) >= 11 is 0. The minimum Gasteiger partial charge on any atom is -0.326 e. The number of H-pyrrole nitrogens is 1. The molecule has 0 atom stereocenters. The SMILES string of the molecule is CC(=O)Nc1ccc(/C=C/c2nc3ccccc3[nH]c2=O)cc1. The average Bonchev–Trinajstić information content (AvgIpc) is 2.54. The van der Waals surface area contributed by atoms with Gasteiger partial charge < -0.3 is 10.3 Å². The second-order valence-corrected chi connectivity index (χ2v) is 5.10. The van der Waals surface area contributed by atoms with Gasteiger partial charge in [0.25, 0.3) is 5.56 Å². The third-order valence-electron chi connectivity index (χ3n) is 3.29. The van der Waals surface area contributed by atoms with Gasteiger partial charge in [-0.1, -0.05) is 30.3 Å². The Morgan fingerprint density at radius 3 is 2.57 bits per heavy atom. The van der Waals surface area contributed by atoms with Gasteiger partial charge in [0.1, 0.15) is 5.69 Å². The molecule has 1 heterocycles. The van der Waals surface area contributed by atoms with Crippen LogP contribution in [0.2, 0.25) is 0 Å². The number of para-hydroxylation sites is 2. The van der Waals surface area contributed by atoms with Crippen molar-refractivity contribution in [2.45, 2.75) is 6.92 Å². The van der Waals surface area contributed by atoms with Crippen LogP contribution in [0.5, 0.6) is 0 Å². The molecular weight excluding hydrogens is 290 g/mol. The lowest BCUT2D eigenvalue weighted by Crippen LogP contribution is -2.11. The van der Waals surface area contributed by atoms with Crippen molar-refractivity contribution in [1.82, 2.24) is 9.97 Å². The van der Waals surface area contributed by atoms with Crippen molar-refractivity contribution >= 4 is 34.8 Å². The van der Waals surface area contributed by atoms with E-state index in [1.54, 1.807) is 18.2 Å². The summed E-state index contributed by atoms with van der Waals surface area (Å²) < 4.78 is 0. The molecule has 2 N–H and O–H groups in total. The molecule has 0 saturated heterocycles. The van der Waals surface area contributed by atoms with E-state index in [0.717, 1.165) is 16.8 Å². The van der Waals surface area contributed by atoms with Crippen molar-refractivity contribution in [2.75, 3.05) is 5.32 Å². The molecule has 1 amide bonds. The predicted molar refractivity (Wildman–Crippen MR) is 92.0 cm³/mol. The Morgan fingerprint density at radius 2 is 1.83 bits per heavy atom. The topological polar surface area (TPSA) is 74.8 Å². The van der Waals surface area contributed by atoms with Crippen molar-refractivity contribution in [3.63, 3.8) is 0 Å². The van der Waals surface area contributed by atoms with Crippen LogP contribution >= 0.6 is 0 Å². The van der Waals surface area contributed by atoms with Gasteiger partial charge in [-0.05, 0) is 35.9 Å². The van der Waals surface area contributed by atoms with Gasteiger partial charge in [-0.2, -0.15) is 0 Å². The number of anilines is 1. The number of nitrogens with zero attached hydrogens (tertiary/aromatic N) is 1. The first-order valence-corrected chi connectivity index (χ1v) is 7.16. The highest BCUT2D eigenvalue weighted by Gasteiger charge is 2.01. The Morgan fingerprint density at radius 1 is 1.09 bits per heavy atom. The van der Waals surface area contributed by atoms with Gasteiger partial charge in [0.2, 0.25) is 5.91 Å². The largest absolute Gasteiger partial charge is 0.326 e. The molecule has 0 aliphatic rings. The Bertz CT molecular complexity index is 940. The maximum atomic E-state index is 12.0. The van der Waals surface area contributed by atoms with Crippen LogP contribution in [-0.4, -0.2) is 15.9 Å². The van der Waals surface area contributed by atoms with E-state index >= 15 is 0 Å². The Balaban J connectivity index is 1.86. The van der Waals surface area contributed by atoms with Gasteiger partial charge in [-0.25, -0.2) is 4.98 Å². The summed E-state index contributed by atoms with van der Waals surface area (Å²) in [6.45, 7) is 1.46. The molecule has 114 valence electrons. The highest BCUT2D eigenvalue weighted by atomic mass is 16.1. The summed E-state index contributed by atoms with van der Waals surface area (Å²) in [4.78, 5) is 30.2. The summed E-state index contributed by atoms with van der Waals surface area (Å²) in [5.74, 6) is -0.111. The fourth-order valence-corrected chi connectivity index (χ4v) is 2.21. The number of carbonyl (C=O) groups is 1. The van der Waals surface area contributed by atoms with Gasteiger partial charge in [0.15, 0.2) is 0 Å². The molecule has 2 aromatic carbocycles. The van der Waals surface area contributed by atoms with Crippen molar-refractivity contribution in [3.05, 3.63) is 70.1 Å². The molecule has 0 aliphatic heterocycles. The van der Waals surface area contributed by atoms with Crippen molar-refractivity contribution in [1.29, 1.82) is 0 Å². The average molecular weight is 305 g/mol. The molecular formula is C18H15N3O2. The predicted octanol–water partition coefficient (Wildman–Crippen LogP) is 3.05. The molecule has 3 aromatic rings. The number of hydrogen-bond donors (Lipinski definition) is 2. The van der Waals surface area contributed by atoms with Crippen LogP contribution in [0.1, 0.15) is 18.2 Å². The monoisotopic (exact) mass is 305 g/mol. The number of nitrogens with one attached hydrogen (secondary N) is 2. The number of carbonyl (C=O) groups excluding carboxylic acids is 1. The summed E-state index contributed by atoms with van der Waals surface area (Å²) in [6, 6.07) is 14.7. The number of aromatic nitrogens is 2. The third kappa shape index (κ3) is 3.52. The third-order valence-corrected chi connectivity index (χ3v) is 3.29. The van der Waals surface area contributed by atoms with Crippen molar-refractivity contribution in [3.8, 4) is 0 Å². The van der Waals surface area contributed by atoms with E-state index in [2.05, 4.69) is 15.3 Å². The minimum absolute atomic E-state index is 0.111. The molecule has 0 radical (unpaired) electrons. The smallest absolute Gasteiger partial charge is 0.274 e. The van der Waals surface area contributed by atoms with Crippen LogP contribution in [0.4, 0.5) is 5.69 Å². The molecule has 3 rings (SSSR count). The molecule has 0 aliphatic carbocycles. The van der Waals surface area contributed by atoms with E-state index in [1.807, 2.05) is 42.5 Å². The number of fused-ring (bicyclic) bond motifs is 1. The molecule has 23 heavy (non-hydrogen) atoms. The number of benzene rings is 2. The lowest BCUT2D eigenvalue weighted by atomic mass is 10.2. The lowest BCUT2D eigenvalue weighted by molar-refractivity contribution is -0.114. The van der Waals surface area contributed by atoms with Gasteiger partial charge in [-0.15, -0.1) is 0 Å². The highest BCUT2D eigenvalue weighted by Crippen LogP contribution is 2.12. The number of amides is 1. The highest BCUT2D eigenvalue weighted by molar-refractivity contribution is 5.88. The molecule has 5 nitrogen and oxygen atoms in total. The Kier molecular flexibility index (Phi) is 4.01. The van der Waals surface area contributed by atoms with E-state index in [1.165, 1.54) is 6.92 Å². The zero-order valence-corrected chi connectivity index (χ0v) is 12.5. The standard InChI is InChI=1S/C18H15N3O2/c1-12(22)19-14-9-6-13(7-10-14)8-11-17-18(23)21-16-5-3-2-4-15(16)20-17/h2-11H,1H3,(H,19,22)(H,21,23)/b11-8+. The second kappa shape index (κ2) is 6.27. The molecule has 0 spiro atoms. The molecule has 0 fully saturated rings. The lowest BCUT2D eigenvalue weighted by Gasteiger charge is -2.02. The maximum absolute atomic E-state index is 12.0. The maximum Gasteiger partial charge on any atom is 0.274 e. The quantitative estimate of drug-likeness (QED) is 0.781. The fraction of sp³-hybridized carbons (Fsp3) is 0.0556. The first-order valence-electron chi connectivity index (χ1n) is 7.16. The van der Waals surface area contributed by atoms with Gasteiger partial charge in [0.05, 0.1) is 11.0 Å². The summed E-state index contributed by atoms with van der Waals surface area (Å²) in [5, 5.41) is 2.70. The van der Waals surface area contributed by atoms with Gasteiger partial charge in [-0.3, -0.25) is 9.59 Å². The van der Waals surface area contributed by atoms with Crippen LogP contribution in [-0.2, 0) is 4.79 Å². The summed E-state index contributed by atoms with van der Waals surface area (Å²) in [5.41, 5.74) is 3.23. The van der Waals surface area contributed by atoms with Crippen LogP contribution in [0.3, 0.4) is 0 Å². The summed E-state index contributed by atoms with van der Waals surface area (Å²) in [7, 11) is 0. The summed E-state index contributed by atoms with van der Waals surface area (Å²) in [6.07, 6.45) is 3.49. The van der Waals surface area contributed by atoms with E-state index in [9.17, 15) is 9.59 Å². The van der Waals surface area contributed by atoms with Crippen molar-refractivity contribution < 1.29 is 4.79 Å². The normalized spacial score (nSPS) is 11.0. The van der Waals surface area contributed by atoms with Crippen molar-refractivity contribution in [2.24, 2.45) is 0 Å². The molecule has 0 bridgehead atoms. The Labute approximate surface area is 132 Å². The van der Waals surface area contributed by atoms with Gasteiger partial charge in [0, 0.05) is 12.6 Å². The molecule has 1 aromatic heterocycles. The first kappa shape index (κ1) is 14.7. The van der Waals surface area contributed by atoms with E-state index in [0.29, 0.717) is 11.2 Å². The van der Waals surface area contributed by atoms with E-state index < -0.39 is 0 Å². The van der Waals surface area contributed by atoms with E-state index in [-0.39, 0.29) is 11.5 Å². The second-order valence-electron chi connectivity index (χ2n) is 5.10. The minimum atomic E-state index is -0.227. The van der Waals surface area contributed by atoms with Crippen LogP contribution < -0.4 is 10.9 Å². The molecule has 0 unspecified atom stereocenters. The number of aromatic amines is 1. The van der Waals surface area contributed by atoms with Crippen LogP contribution in [0.25, 0.3) is 23.2 Å². The number of hydrogen-bond acceptors (Lipinski definition) is 3. The van der Waals surface area contributed by atoms with Gasteiger partial charge >= 0.3 is 0 Å². The number of rotatable bonds is 3. The van der Waals surface area contributed by atoms with Crippen LogP contribution in [0, 0.1) is 0 Å². The first-order chi connectivity index (χ1) is 11.1. The molecule has 5 heteroatoms. The Hall–Kier alpha value is -3.21. The van der Waals surface area contributed by atoms with Crippen LogP contribution in [0.15, 0.2) is 53.3 Å². The zero-order chi connectivity index (χ0) is 16.2.